The molecule has 3 unspecified atom stereocenters. The zero-order chi connectivity index (χ0) is 15.0. The van der Waals surface area contributed by atoms with Crippen LogP contribution >= 0.6 is 15.9 Å². The van der Waals surface area contributed by atoms with Crippen molar-refractivity contribution >= 4 is 26.7 Å². The predicted molar refractivity (Wildman–Crippen MR) is 88.0 cm³/mol. The molecule has 2 aromatic carbocycles. The van der Waals surface area contributed by atoms with Crippen LogP contribution in [0.5, 0.6) is 5.75 Å². The molecular weight excluding hydrogens is 350 g/mol. The number of ether oxygens (including phenoxy) is 1. The number of rotatable bonds is 3. The third kappa shape index (κ3) is 2.78. The van der Waals surface area contributed by atoms with Gasteiger partial charge in [0, 0.05) is 15.4 Å². The van der Waals surface area contributed by atoms with E-state index in [-0.39, 0.29) is 11.3 Å². The van der Waals surface area contributed by atoms with E-state index in [4.69, 9.17) is 10.5 Å². The van der Waals surface area contributed by atoms with Crippen LogP contribution in [0.1, 0.15) is 17.2 Å². The highest BCUT2D eigenvalue weighted by Crippen LogP contribution is 2.36. The van der Waals surface area contributed by atoms with Gasteiger partial charge in [-0.05, 0) is 53.9 Å². The third-order valence-electron chi connectivity index (χ3n) is 3.85. The van der Waals surface area contributed by atoms with Gasteiger partial charge in [-0.1, -0.05) is 22.0 Å². The molecule has 3 atom stereocenters. The predicted octanol–water partition coefficient (Wildman–Crippen LogP) is 3.19. The molecular formula is C16H16BrNO2S. The molecule has 1 aliphatic rings. The lowest BCUT2D eigenvalue weighted by Crippen LogP contribution is -2.26. The van der Waals surface area contributed by atoms with E-state index < -0.39 is 10.8 Å². The van der Waals surface area contributed by atoms with Crippen LogP contribution in [0.25, 0.3) is 0 Å². The SMILES string of the molecule is COc1ccc2c(c1)C(N)C(S(=O)c1ccc(Br)cc1)C2. The first-order valence-corrected chi connectivity index (χ1v) is 8.69. The van der Waals surface area contributed by atoms with Crippen molar-refractivity contribution < 1.29 is 8.95 Å². The fourth-order valence-electron chi connectivity index (χ4n) is 2.69. The molecule has 2 N–H and O–H groups in total. The summed E-state index contributed by atoms with van der Waals surface area (Å²) in [7, 11) is 0.520. The van der Waals surface area contributed by atoms with Crippen LogP contribution in [-0.2, 0) is 17.2 Å². The molecule has 0 saturated carbocycles. The van der Waals surface area contributed by atoms with Crippen molar-refractivity contribution in [2.75, 3.05) is 7.11 Å². The molecule has 110 valence electrons. The first-order valence-electron chi connectivity index (χ1n) is 6.68. The summed E-state index contributed by atoms with van der Waals surface area (Å²) in [4.78, 5) is 0.818. The average molecular weight is 366 g/mol. The van der Waals surface area contributed by atoms with Crippen molar-refractivity contribution in [3.63, 3.8) is 0 Å². The van der Waals surface area contributed by atoms with Crippen molar-refractivity contribution in [2.45, 2.75) is 22.6 Å². The summed E-state index contributed by atoms with van der Waals surface area (Å²) in [6, 6.07) is 13.3. The van der Waals surface area contributed by atoms with Crippen molar-refractivity contribution in [3.05, 3.63) is 58.1 Å². The zero-order valence-corrected chi connectivity index (χ0v) is 14.0. The van der Waals surface area contributed by atoms with Gasteiger partial charge in [0.15, 0.2) is 0 Å². The summed E-state index contributed by atoms with van der Waals surface area (Å²) in [5.41, 5.74) is 8.54. The monoisotopic (exact) mass is 365 g/mol. The molecule has 5 heteroatoms. The lowest BCUT2D eigenvalue weighted by Gasteiger charge is -2.16. The highest BCUT2D eigenvalue weighted by atomic mass is 79.9. The Labute approximate surface area is 135 Å². The Morgan fingerprint density at radius 1 is 1.24 bits per heavy atom. The minimum Gasteiger partial charge on any atom is -0.497 e. The third-order valence-corrected chi connectivity index (χ3v) is 6.13. The Hall–Kier alpha value is -1.17. The summed E-state index contributed by atoms with van der Waals surface area (Å²) in [6.07, 6.45) is 0.739. The number of fused-ring (bicyclic) bond motifs is 1. The smallest absolute Gasteiger partial charge is 0.119 e. The topological polar surface area (TPSA) is 52.3 Å². The van der Waals surface area contributed by atoms with Gasteiger partial charge in [-0.15, -0.1) is 0 Å². The van der Waals surface area contributed by atoms with E-state index in [9.17, 15) is 4.21 Å². The second-order valence-electron chi connectivity index (χ2n) is 5.08. The maximum atomic E-state index is 12.8. The molecule has 1 aliphatic carbocycles. The van der Waals surface area contributed by atoms with Gasteiger partial charge in [-0.2, -0.15) is 0 Å². The Morgan fingerprint density at radius 2 is 1.95 bits per heavy atom. The molecule has 0 spiro atoms. The van der Waals surface area contributed by atoms with Gasteiger partial charge in [-0.3, -0.25) is 4.21 Å². The number of nitrogens with two attached hydrogens (primary N) is 1. The summed E-state index contributed by atoms with van der Waals surface area (Å²) >= 11 is 3.39. The van der Waals surface area contributed by atoms with Crippen molar-refractivity contribution in [3.8, 4) is 5.75 Å². The van der Waals surface area contributed by atoms with Crippen LogP contribution in [0.4, 0.5) is 0 Å². The highest BCUT2D eigenvalue weighted by Gasteiger charge is 2.34. The van der Waals surface area contributed by atoms with Crippen LogP contribution in [-0.4, -0.2) is 16.6 Å². The lowest BCUT2D eigenvalue weighted by atomic mass is 10.1. The lowest BCUT2D eigenvalue weighted by molar-refractivity contribution is 0.414. The first-order chi connectivity index (χ1) is 10.1. The van der Waals surface area contributed by atoms with Gasteiger partial charge in [0.1, 0.15) is 5.75 Å². The van der Waals surface area contributed by atoms with E-state index in [1.165, 1.54) is 5.56 Å². The standard InChI is InChI=1S/C16H16BrNO2S/c1-20-12-5-2-10-8-15(16(18)14(10)9-12)21(19)13-6-3-11(17)4-7-13/h2-7,9,15-16H,8,18H2,1H3. The molecule has 3 rings (SSSR count). The summed E-state index contributed by atoms with van der Waals surface area (Å²) in [5.74, 6) is 0.791. The van der Waals surface area contributed by atoms with Crippen LogP contribution in [0.3, 0.4) is 0 Å². The maximum absolute atomic E-state index is 12.8. The van der Waals surface area contributed by atoms with E-state index in [1.54, 1.807) is 7.11 Å². The van der Waals surface area contributed by atoms with Gasteiger partial charge in [0.2, 0.25) is 0 Å². The van der Waals surface area contributed by atoms with Gasteiger partial charge >= 0.3 is 0 Å². The molecule has 0 radical (unpaired) electrons. The highest BCUT2D eigenvalue weighted by molar-refractivity contribution is 9.10. The van der Waals surface area contributed by atoms with Gasteiger partial charge in [0.25, 0.3) is 0 Å². The fourth-order valence-corrected chi connectivity index (χ4v) is 4.45. The average Bonchev–Trinajstić information content (AvgIpc) is 2.84. The van der Waals surface area contributed by atoms with Crippen molar-refractivity contribution in [1.29, 1.82) is 0 Å². The molecule has 0 fully saturated rings. The molecule has 0 aromatic heterocycles. The molecule has 21 heavy (non-hydrogen) atoms. The molecule has 3 nitrogen and oxygen atoms in total. The van der Waals surface area contributed by atoms with Crippen LogP contribution < -0.4 is 10.5 Å². The van der Waals surface area contributed by atoms with Gasteiger partial charge in [0.05, 0.1) is 23.2 Å². The summed E-state index contributed by atoms with van der Waals surface area (Å²) in [5, 5.41) is -0.0896. The Balaban J connectivity index is 1.88. The molecule has 2 aromatic rings. The van der Waals surface area contributed by atoms with Crippen LogP contribution in [0.2, 0.25) is 0 Å². The number of methoxy groups -OCH3 is 1. The van der Waals surface area contributed by atoms with Crippen molar-refractivity contribution in [2.24, 2.45) is 5.73 Å². The largest absolute Gasteiger partial charge is 0.497 e. The maximum Gasteiger partial charge on any atom is 0.119 e. The minimum absolute atomic E-state index is 0.0896. The number of benzene rings is 2. The zero-order valence-electron chi connectivity index (χ0n) is 11.6. The molecule has 0 amide bonds. The van der Waals surface area contributed by atoms with Gasteiger partial charge < -0.3 is 10.5 Å². The van der Waals surface area contributed by atoms with E-state index in [1.807, 2.05) is 42.5 Å². The summed E-state index contributed by atoms with van der Waals surface area (Å²) < 4.78 is 19.0. The second kappa shape index (κ2) is 5.91. The van der Waals surface area contributed by atoms with Crippen LogP contribution in [0.15, 0.2) is 51.8 Å². The molecule has 0 bridgehead atoms. The first kappa shape index (κ1) is 14.8. The molecule has 0 saturated heterocycles. The quantitative estimate of drug-likeness (QED) is 0.908. The Bertz CT molecular complexity index is 687. The second-order valence-corrected chi connectivity index (χ2v) is 7.67. The number of hydrogen-bond acceptors (Lipinski definition) is 3. The van der Waals surface area contributed by atoms with E-state index in [2.05, 4.69) is 15.9 Å². The van der Waals surface area contributed by atoms with E-state index in [0.29, 0.717) is 0 Å². The number of hydrogen-bond donors (Lipinski definition) is 1. The van der Waals surface area contributed by atoms with Gasteiger partial charge in [-0.25, -0.2) is 0 Å². The molecule has 0 aliphatic heterocycles. The van der Waals surface area contributed by atoms with Crippen molar-refractivity contribution in [1.82, 2.24) is 0 Å². The van der Waals surface area contributed by atoms with E-state index in [0.717, 1.165) is 27.1 Å². The summed E-state index contributed by atoms with van der Waals surface area (Å²) in [6.45, 7) is 0. The normalized spacial score (nSPS) is 21.9. The van der Waals surface area contributed by atoms with Crippen LogP contribution in [0, 0.1) is 0 Å². The Kier molecular flexibility index (Phi) is 4.15. The fraction of sp³-hybridized carbons (Fsp3) is 0.250. The minimum atomic E-state index is -1.12. The Morgan fingerprint density at radius 3 is 2.62 bits per heavy atom. The van der Waals surface area contributed by atoms with E-state index >= 15 is 0 Å². The molecule has 0 heterocycles. The number of halogens is 1.